The lowest BCUT2D eigenvalue weighted by molar-refractivity contribution is -0.118. The number of anilines is 1. The normalized spacial score (nSPS) is 10.9. The van der Waals surface area contributed by atoms with E-state index in [0.717, 1.165) is 5.56 Å². The molecule has 0 radical (unpaired) electrons. The van der Waals surface area contributed by atoms with Gasteiger partial charge in [-0.25, -0.2) is 4.79 Å². The van der Waals surface area contributed by atoms with Crippen LogP contribution in [0, 0.1) is 0 Å². The van der Waals surface area contributed by atoms with Crippen molar-refractivity contribution < 1.29 is 19.1 Å². The summed E-state index contributed by atoms with van der Waals surface area (Å²) in [7, 11) is 1.31. The molecule has 5 heteroatoms. The van der Waals surface area contributed by atoms with Crippen molar-refractivity contribution in [1.82, 2.24) is 0 Å². The van der Waals surface area contributed by atoms with Gasteiger partial charge in [0.1, 0.15) is 5.75 Å². The molecule has 0 unspecified atom stereocenters. The van der Waals surface area contributed by atoms with Crippen LogP contribution in [0.2, 0.25) is 0 Å². The van der Waals surface area contributed by atoms with Crippen molar-refractivity contribution in [3.63, 3.8) is 0 Å². The number of hydrogen-bond donors (Lipinski definition) is 1. The van der Waals surface area contributed by atoms with Gasteiger partial charge in [-0.3, -0.25) is 4.79 Å². The first-order valence-electron chi connectivity index (χ1n) is 8.01. The lowest BCUT2D eigenvalue weighted by atomic mass is 9.87. The topological polar surface area (TPSA) is 64.6 Å². The largest absolute Gasteiger partial charge is 0.484 e. The van der Waals surface area contributed by atoms with E-state index in [9.17, 15) is 9.59 Å². The molecule has 0 saturated heterocycles. The Morgan fingerprint density at radius 2 is 1.76 bits per heavy atom. The van der Waals surface area contributed by atoms with E-state index in [1.165, 1.54) is 7.11 Å². The third kappa shape index (κ3) is 5.35. The Morgan fingerprint density at radius 3 is 2.44 bits per heavy atom. The van der Waals surface area contributed by atoms with Gasteiger partial charge in [0.05, 0.1) is 12.7 Å². The van der Waals surface area contributed by atoms with Crippen LogP contribution in [-0.2, 0) is 14.9 Å². The van der Waals surface area contributed by atoms with Crippen LogP contribution >= 0.6 is 0 Å². The summed E-state index contributed by atoms with van der Waals surface area (Å²) >= 11 is 0. The Morgan fingerprint density at radius 1 is 1.04 bits per heavy atom. The van der Waals surface area contributed by atoms with Crippen molar-refractivity contribution in [3.8, 4) is 5.75 Å². The summed E-state index contributed by atoms with van der Waals surface area (Å²) in [6, 6.07) is 14.3. The second-order valence-electron chi connectivity index (χ2n) is 6.69. The van der Waals surface area contributed by atoms with Crippen LogP contribution in [0.4, 0.5) is 5.69 Å². The van der Waals surface area contributed by atoms with Gasteiger partial charge in [-0.15, -0.1) is 0 Å². The summed E-state index contributed by atoms with van der Waals surface area (Å²) in [5.41, 5.74) is 2.03. The molecule has 0 atom stereocenters. The van der Waals surface area contributed by atoms with Crippen LogP contribution in [0.1, 0.15) is 36.7 Å². The molecule has 2 aromatic carbocycles. The minimum Gasteiger partial charge on any atom is -0.484 e. The summed E-state index contributed by atoms with van der Waals surface area (Å²) in [6.07, 6.45) is 0. The number of rotatable bonds is 5. The van der Waals surface area contributed by atoms with Gasteiger partial charge in [0.25, 0.3) is 5.91 Å². The van der Waals surface area contributed by atoms with Crippen LogP contribution in [0.25, 0.3) is 0 Å². The Balaban J connectivity index is 1.96. The van der Waals surface area contributed by atoms with Crippen LogP contribution in [0.3, 0.4) is 0 Å². The second kappa shape index (κ2) is 7.83. The van der Waals surface area contributed by atoms with E-state index >= 15 is 0 Å². The Labute approximate surface area is 148 Å². The van der Waals surface area contributed by atoms with Gasteiger partial charge in [-0.2, -0.15) is 0 Å². The number of nitrogens with one attached hydrogen (secondary N) is 1. The highest BCUT2D eigenvalue weighted by molar-refractivity contribution is 5.95. The van der Waals surface area contributed by atoms with Gasteiger partial charge in [0.15, 0.2) is 6.61 Å². The third-order valence-corrected chi connectivity index (χ3v) is 3.64. The fourth-order valence-electron chi connectivity index (χ4n) is 2.24. The summed E-state index contributed by atoms with van der Waals surface area (Å²) < 4.78 is 10.2. The molecule has 0 aliphatic heterocycles. The van der Waals surface area contributed by atoms with Crippen molar-refractivity contribution in [2.45, 2.75) is 26.2 Å². The number of carbonyl (C=O) groups is 2. The molecule has 5 nitrogen and oxygen atoms in total. The number of amides is 1. The van der Waals surface area contributed by atoms with Crippen LogP contribution in [0.15, 0.2) is 48.5 Å². The highest BCUT2D eigenvalue weighted by atomic mass is 16.5. The Hall–Kier alpha value is -2.82. The van der Waals surface area contributed by atoms with Crippen LogP contribution in [-0.4, -0.2) is 25.6 Å². The van der Waals surface area contributed by atoms with Crippen LogP contribution < -0.4 is 10.1 Å². The third-order valence-electron chi connectivity index (χ3n) is 3.64. The van der Waals surface area contributed by atoms with E-state index < -0.39 is 5.97 Å². The first-order valence-corrected chi connectivity index (χ1v) is 8.01. The molecule has 0 saturated carbocycles. The number of hydrogen-bond acceptors (Lipinski definition) is 4. The maximum absolute atomic E-state index is 12.1. The SMILES string of the molecule is COC(=O)c1cccc(NC(=O)COc2cccc(C(C)(C)C)c2)c1. The van der Waals surface area contributed by atoms with Crippen molar-refractivity contribution in [3.05, 3.63) is 59.7 Å². The molecule has 1 amide bonds. The van der Waals surface area contributed by atoms with Gasteiger partial charge in [0.2, 0.25) is 0 Å². The van der Waals surface area contributed by atoms with E-state index in [0.29, 0.717) is 17.0 Å². The molecular weight excluding hydrogens is 318 g/mol. The summed E-state index contributed by atoms with van der Waals surface area (Å²) in [4.78, 5) is 23.6. The fourth-order valence-corrected chi connectivity index (χ4v) is 2.24. The minimum absolute atomic E-state index is 0.00988. The van der Waals surface area contributed by atoms with Crippen molar-refractivity contribution in [2.24, 2.45) is 0 Å². The molecule has 2 rings (SSSR count). The smallest absolute Gasteiger partial charge is 0.337 e. The maximum atomic E-state index is 12.1. The first-order chi connectivity index (χ1) is 11.8. The van der Waals surface area contributed by atoms with E-state index in [1.807, 2.05) is 24.3 Å². The number of benzene rings is 2. The summed E-state index contributed by atoms with van der Waals surface area (Å²) in [6.45, 7) is 6.24. The zero-order chi connectivity index (χ0) is 18.4. The predicted molar refractivity (Wildman–Crippen MR) is 97.0 cm³/mol. The molecular formula is C20H23NO4. The summed E-state index contributed by atoms with van der Waals surface area (Å²) in [5, 5.41) is 2.70. The molecule has 1 N–H and O–H groups in total. The molecule has 0 aliphatic carbocycles. The Kier molecular flexibility index (Phi) is 5.80. The molecule has 132 valence electrons. The van der Waals surface area contributed by atoms with Crippen molar-refractivity contribution in [2.75, 3.05) is 19.0 Å². The number of ether oxygens (including phenoxy) is 2. The number of methoxy groups -OCH3 is 1. The fraction of sp³-hybridized carbons (Fsp3) is 0.300. The van der Waals surface area contributed by atoms with Crippen molar-refractivity contribution in [1.29, 1.82) is 0 Å². The molecule has 0 aromatic heterocycles. The monoisotopic (exact) mass is 341 g/mol. The van der Waals surface area contributed by atoms with E-state index in [4.69, 9.17) is 4.74 Å². The van der Waals surface area contributed by atoms with Gasteiger partial charge < -0.3 is 14.8 Å². The van der Waals surface area contributed by atoms with E-state index in [1.54, 1.807) is 24.3 Å². The second-order valence-corrected chi connectivity index (χ2v) is 6.69. The van der Waals surface area contributed by atoms with Gasteiger partial charge in [0, 0.05) is 5.69 Å². The van der Waals surface area contributed by atoms with Crippen molar-refractivity contribution >= 4 is 17.6 Å². The molecule has 0 fully saturated rings. The van der Waals surface area contributed by atoms with Gasteiger partial charge in [-0.1, -0.05) is 39.0 Å². The van der Waals surface area contributed by atoms with E-state index in [-0.39, 0.29) is 17.9 Å². The lowest BCUT2D eigenvalue weighted by Crippen LogP contribution is -2.20. The van der Waals surface area contributed by atoms with E-state index in [2.05, 4.69) is 30.8 Å². The number of esters is 1. The number of carbonyl (C=O) groups excluding carboxylic acids is 2. The quantitative estimate of drug-likeness (QED) is 0.841. The molecule has 0 aliphatic rings. The Bertz CT molecular complexity index is 762. The minimum atomic E-state index is -0.452. The lowest BCUT2D eigenvalue weighted by Gasteiger charge is -2.19. The zero-order valence-electron chi connectivity index (χ0n) is 15.0. The first kappa shape index (κ1) is 18.5. The summed E-state index contributed by atoms with van der Waals surface area (Å²) in [5.74, 6) is -0.111. The molecule has 25 heavy (non-hydrogen) atoms. The predicted octanol–water partition coefficient (Wildman–Crippen LogP) is 3.79. The van der Waals surface area contributed by atoms with Gasteiger partial charge in [-0.05, 0) is 41.3 Å². The molecule has 0 bridgehead atoms. The standard InChI is InChI=1S/C20H23NO4/c1-20(2,3)15-8-6-10-17(12-15)25-13-18(22)21-16-9-5-7-14(11-16)19(23)24-4/h5-12H,13H2,1-4H3,(H,21,22). The maximum Gasteiger partial charge on any atom is 0.337 e. The molecule has 0 heterocycles. The van der Waals surface area contributed by atoms with Crippen LogP contribution in [0.5, 0.6) is 5.75 Å². The molecule has 0 spiro atoms. The average molecular weight is 341 g/mol. The zero-order valence-corrected chi connectivity index (χ0v) is 15.0. The van der Waals surface area contributed by atoms with Gasteiger partial charge >= 0.3 is 5.97 Å². The average Bonchev–Trinajstić information content (AvgIpc) is 2.59. The molecule has 2 aromatic rings. The highest BCUT2D eigenvalue weighted by Gasteiger charge is 2.14. The highest BCUT2D eigenvalue weighted by Crippen LogP contribution is 2.25.